The van der Waals surface area contributed by atoms with Crippen molar-refractivity contribution in [2.45, 2.75) is 19.9 Å². The zero-order valence-electron chi connectivity index (χ0n) is 21.4. The lowest BCUT2D eigenvalue weighted by molar-refractivity contribution is -0.595. The highest BCUT2D eigenvalue weighted by molar-refractivity contribution is 6.02. The van der Waals surface area contributed by atoms with Crippen LogP contribution in [0.4, 0.5) is 20.3 Å². The van der Waals surface area contributed by atoms with Crippen LogP contribution in [0.3, 0.4) is 0 Å². The molecular weight excluding hydrogens is 522 g/mol. The fourth-order valence-corrected chi connectivity index (χ4v) is 4.06. The largest absolute Gasteiger partial charge is 0.618 e. The van der Waals surface area contributed by atoms with E-state index in [9.17, 15) is 19.5 Å². The highest BCUT2D eigenvalue weighted by Gasteiger charge is 2.23. The summed E-state index contributed by atoms with van der Waals surface area (Å²) in [6.45, 7) is 3.35. The van der Waals surface area contributed by atoms with Gasteiger partial charge in [-0.15, -0.1) is 0 Å². The first-order valence-electron chi connectivity index (χ1n) is 12.2. The average Bonchev–Trinajstić information content (AvgIpc) is 3.35. The molecule has 0 radical (unpaired) electrons. The van der Waals surface area contributed by atoms with E-state index < -0.39 is 17.5 Å². The number of aliphatic hydroxyl groups is 1. The molecule has 0 aliphatic carbocycles. The number of hydrogen-bond acceptors (Lipinski definition) is 7. The van der Waals surface area contributed by atoms with Gasteiger partial charge >= 0.3 is 5.91 Å². The number of carbonyl (C=O) groups excluding carboxylic acids is 1. The van der Waals surface area contributed by atoms with Crippen molar-refractivity contribution < 1.29 is 28.1 Å². The Morgan fingerprint density at radius 1 is 1.12 bits per heavy atom. The Morgan fingerprint density at radius 3 is 2.62 bits per heavy atom. The predicted molar refractivity (Wildman–Crippen MR) is 144 cm³/mol. The molecule has 0 aliphatic heterocycles. The summed E-state index contributed by atoms with van der Waals surface area (Å²) < 4.78 is 34.7. The van der Waals surface area contributed by atoms with Crippen molar-refractivity contribution in [2.75, 3.05) is 17.2 Å². The van der Waals surface area contributed by atoms with E-state index in [1.807, 2.05) is 0 Å². The van der Waals surface area contributed by atoms with Crippen molar-refractivity contribution in [1.29, 1.82) is 0 Å². The number of benzene rings is 2. The normalized spacial score (nSPS) is 11.8. The molecule has 5 rings (SSSR count). The van der Waals surface area contributed by atoms with Crippen LogP contribution in [-0.2, 0) is 0 Å². The maximum atomic E-state index is 15.1. The molecule has 0 fully saturated rings. The van der Waals surface area contributed by atoms with Crippen molar-refractivity contribution in [3.05, 3.63) is 95.0 Å². The molecule has 40 heavy (non-hydrogen) atoms. The van der Waals surface area contributed by atoms with Gasteiger partial charge in [0.15, 0.2) is 23.0 Å². The molecule has 1 atom stereocenters. The smallest absolute Gasteiger partial charge is 0.321 e. The van der Waals surface area contributed by atoms with E-state index in [0.717, 1.165) is 6.07 Å². The van der Waals surface area contributed by atoms with Crippen molar-refractivity contribution >= 4 is 28.4 Å². The van der Waals surface area contributed by atoms with Crippen LogP contribution >= 0.6 is 0 Å². The third-order valence-corrected chi connectivity index (χ3v) is 6.03. The van der Waals surface area contributed by atoms with Gasteiger partial charge in [0.2, 0.25) is 5.69 Å². The number of rotatable bonds is 8. The van der Waals surface area contributed by atoms with Crippen LogP contribution in [0.25, 0.3) is 22.3 Å². The summed E-state index contributed by atoms with van der Waals surface area (Å²) in [5.41, 5.74) is 1.53. The Labute approximate surface area is 226 Å². The van der Waals surface area contributed by atoms with Gasteiger partial charge in [-0.1, -0.05) is 0 Å². The van der Waals surface area contributed by atoms with Crippen molar-refractivity contribution in [2.24, 2.45) is 0 Å². The number of aromatic amines is 1. The van der Waals surface area contributed by atoms with Crippen LogP contribution in [0.5, 0.6) is 11.5 Å². The summed E-state index contributed by atoms with van der Waals surface area (Å²) in [5, 5.41) is 35.3. The molecule has 0 bridgehead atoms. The van der Waals surface area contributed by atoms with Crippen LogP contribution in [0.15, 0.2) is 66.9 Å². The maximum Gasteiger partial charge on any atom is 0.321 e. The number of halogens is 2. The summed E-state index contributed by atoms with van der Waals surface area (Å²) in [6, 6.07) is 13.4. The van der Waals surface area contributed by atoms with E-state index in [2.05, 4.69) is 25.8 Å². The molecule has 4 N–H and O–H groups in total. The number of hydrogen-bond donors (Lipinski definition) is 4. The maximum absolute atomic E-state index is 15.1. The van der Waals surface area contributed by atoms with Gasteiger partial charge in [-0.25, -0.2) is 13.8 Å². The first kappa shape index (κ1) is 26.5. The first-order chi connectivity index (χ1) is 19.2. The van der Waals surface area contributed by atoms with Gasteiger partial charge < -0.3 is 25.7 Å². The molecule has 3 aromatic heterocycles. The minimum atomic E-state index is -0.768. The second-order valence-corrected chi connectivity index (χ2v) is 9.14. The molecule has 0 unspecified atom stereocenters. The second-order valence-electron chi connectivity index (χ2n) is 9.14. The van der Waals surface area contributed by atoms with Crippen LogP contribution < -0.4 is 20.1 Å². The number of aliphatic hydroxyl groups excluding tert-OH is 1. The summed E-state index contributed by atoms with van der Waals surface area (Å²) in [5.74, 6) is -1.45. The fraction of sp³-hybridized carbons (Fsp3) is 0.143. The number of nitrogens with one attached hydrogen (secondary N) is 3. The number of anilines is 2. The lowest BCUT2D eigenvalue weighted by Crippen LogP contribution is -2.39. The molecule has 10 nitrogen and oxygen atoms in total. The van der Waals surface area contributed by atoms with Gasteiger partial charge in [0.25, 0.3) is 5.69 Å². The highest BCUT2D eigenvalue weighted by atomic mass is 19.1. The van der Waals surface area contributed by atoms with Crippen molar-refractivity contribution in [1.82, 2.24) is 15.2 Å². The third kappa shape index (κ3) is 5.38. The molecule has 5 aromatic rings. The van der Waals surface area contributed by atoms with E-state index in [1.54, 1.807) is 26.0 Å². The van der Waals surface area contributed by atoms with E-state index in [4.69, 9.17) is 4.74 Å². The van der Waals surface area contributed by atoms with E-state index in [1.165, 1.54) is 48.7 Å². The number of aromatic nitrogens is 4. The zero-order chi connectivity index (χ0) is 28.4. The number of H-pyrrole nitrogens is 1. The summed E-state index contributed by atoms with van der Waals surface area (Å²) >= 11 is 0. The third-order valence-electron chi connectivity index (χ3n) is 6.03. The summed E-state index contributed by atoms with van der Waals surface area (Å²) in [6.07, 6.45) is 1.47. The number of carbonyl (C=O) groups is 1. The molecule has 2 aromatic carbocycles. The lowest BCUT2D eigenvalue weighted by atomic mass is 10.1. The standard InChI is InChI=1S/C28H24F2N6O4/c1-15-11-21(17-3-5-18(29)6-4-17)36(39)22(12-15)28(38)33-19-7-8-23(20(30)13-19)40-24-9-10-31-26-25(24)27(35-34-26)32-16(2)14-37/h3-13,16,37H,14H2,1-2H3,(H,33,38)(H2,31,32,34,35)/t16-/m1/s1. The number of fused-ring (bicyclic) bond motifs is 1. The Bertz CT molecular complexity index is 1710. The first-order valence-corrected chi connectivity index (χ1v) is 12.2. The Hall–Kier alpha value is -5.10. The van der Waals surface area contributed by atoms with E-state index in [-0.39, 0.29) is 41.2 Å². The highest BCUT2D eigenvalue weighted by Crippen LogP contribution is 2.34. The van der Waals surface area contributed by atoms with E-state index in [0.29, 0.717) is 32.7 Å². The molecule has 12 heteroatoms. The average molecular weight is 547 g/mol. The topological polar surface area (TPSA) is 139 Å². The van der Waals surface area contributed by atoms with Gasteiger partial charge in [-0.3, -0.25) is 9.89 Å². The molecule has 3 heterocycles. The monoisotopic (exact) mass is 546 g/mol. The Kier molecular flexibility index (Phi) is 7.25. The summed E-state index contributed by atoms with van der Waals surface area (Å²) in [7, 11) is 0. The molecule has 0 aliphatic rings. The van der Waals surface area contributed by atoms with Crippen LogP contribution in [-0.4, -0.2) is 38.8 Å². The van der Waals surface area contributed by atoms with Crippen molar-refractivity contribution in [3.8, 4) is 22.8 Å². The zero-order valence-corrected chi connectivity index (χ0v) is 21.4. The number of aryl methyl sites for hydroxylation is 1. The second kappa shape index (κ2) is 10.9. The van der Waals surface area contributed by atoms with E-state index >= 15 is 4.39 Å². The lowest BCUT2D eigenvalue weighted by Gasteiger charge is -2.13. The molecule has 1 amide bonds. The van der Waals surface area contributed by atoms with Gasteiger partial charge in [-0.05, 0) is 55.8 Å². The molecule has 0 saturated carbocycles. The Morgan fingerprint density at radius 2 is 1.90 bits per heavy atom. The number of ether oxygens (including phenoxy) is 1. The van der Waals surface area contributed by atoms with Gasteiger partial charge in [0.1, 0.15) is 17.0 Å². The number of pyridine rings is 2. The van der Waals surface area contributed by atoms with Crippen molar-refractivity contribution in [3.63, 3.8) is 0 Å². The molecule has 0 saturated heterocycles. The van der Waals surface area contributed by atoms with Gasteiger partial charge in [0.05, 0.1) is 6.61 Å². The van der Waals surface area contributed by atoms with Gasteiger partial charge in [-0.2, -0.15) is 9.83 Å². The van der Waals surface area contributed by atoms with Crippen LogP contribution in [0.2, 0.25) is 0 Å². The minimum absolute atomic E-state index is 0.0991. The SMILES string of the molecule is Cc1cc(C(=O)Nc2ccc(Oc3ccnc4[nH]nc(N[C@H](C)CO)c34)c(F)c2)[n+]([O-])c(-c2ccc(F)cc2)c1. The molecule has 204 valence electrons. The quantitative estimate of drug-likeness (QED) is 0.164. The minimum Gasteiger partial charge on any atom is -0.618 e. The van der Waals surface area contributed by atoms with Crippen LogP contribution in [0, 0.1) is 23.8 Å². The Balaban J connectivity index is 1.38. The van der Waals surface area contributed by atoms with Crippen LogP contribution in [0.1, 0.15) is 23.0 Å². The number of nitrogens with zero attached hydrogens (tertiary/aromatic N) is 3. The molecular formula is C28H24F2N6O4. The fourth-order valence-electron chi connectivity index (χ4n) is 4.06. The number of amides is 1. The predicted octanol–water partition coefficient (Wildman–Crippen LogP) is 4.68. The molecule has 0 spiro atoms. The summed E-state index contributed by atoms with van der Waals surface area (Å²) in [4.78, 5) is 17.2. The van der Waals surface area contributed by atoms with Gasteiger partial charge in [0, 0.05) is 47.8 Å².